The maximum Gasteiger partial charge on any atom is 0.344 e. The number of cyclic esters (lactones) is 1. The van der Waals surface area contributed by atoms with Crippen molar-refractivity contribution in [1.29, 1.82) is 0 Å². The van der Waals surface area contributed by atoms with Gasteiger partial charge in [-0.25, -0.2) is 4.79 Å². The van der Waals surface area contributed by atoms with Crippen molar-refractivity contribution >= 4 is 27.5 Å². The number of carbonyl (C=O) groups excluding carboxylic acids is 1. The van der Waals surface area contributed by atoms with Crippen molar-refractivity contribution in [3.8, 4) is 0 Å². The van der Waals surface area contributed by atoms with E-state index in [1.54, 1.807) is 6.08 Å². The van der Waals surface area contributed by atoms with Gasteiger partial charge in [0.1, 0.15) is 5.76 Å². The van der Waals surface area contributed by atoms with Crippen molar-refractivity contribution in [2.24, 2.45) is 0 Å². The van der Waals surface area contributed by atoms with Crippen LogP contribution in [0.4, 0.5) is 0 Å². The third-order valence-corrected chi connectivity index (χ3v) is 2.43. The standard InChI is InChI=1S/C11H7BrO2/c1-7-6-10(11(13)14-7)8-2-4-9(12)5-3-8/h2-6H,1H2. The fourth-order valence-corrected chi connectivity index (χ4v) is 1.52. The first-order chi connectivity index (χ1) is 6.66. The molecular formula is C11H7BrO2. The molecule has 0 fully saturated rings. The molecule has 1 aromatic rings. The van der Waals surface area contributed by atoms with E-state index in [0.29, 0.717) is 11.3 Å². The topological polar surface area (TPSA) is 26.3 Å². The lowest BCUT2D eigenvalue weighted by Crippen LogP contribution is -1.97. The van der Waals surface area contributed by atoms with E-state index in [0.717, 1.165) is 10.0 Å². The van der Waals surface area contributed by atoms with Gasteiger partial charge in [0.05, 0.1) is 5.57 Å². The molecule has 1 aliphatic heterocycles. The summed E-state index contributed by atoms with van der Waals surface area (Å²) in [4.78, 5) is 11.3. The Morgan fingerprint density at radius 3 is 2.36 bits per heavy atom. The van der Waals surface area contributed by atoms with Crippen molar-refractivity contribution in [1.82, 2.24) is 0 Å². The van der Waals surface area contributed by atoms with Gasteiger partial charge in [0.2, 0.25) is 0 Å². The lowest BCUT2D eigenvalue weighted by atomic mass is 10.1. The molecule has 2 rings (SSSR count). The monoisotopic (exact) mass is 250 g/mol. The summed E-state index contributed by atoms with van der Waals surface area (Å²) in [6, 6.07) is 7.47. The number of esters is 1. The van der Waals surface area contributed by atoms with Crippen LogP contribution in [0, 0.1) is 0 Å². The van der Waals surface area contributed by atoms with Crippen LogP contribution in [0.1, 0.15) is 5.56 Å². The van der Waals surface area contributed by atoms with Crippen LogP contribution in [0.25, 0.3) is 5.57 Å². The molecule has 14 heavy (non-hydrogen) atoms. The van der Waals surface area contributed by atoms with Gasteiger partial charge in [-0.3, -0.25) is 0 Å². The molecule has 0 atom stereocenters. The zero-order valence-corrected chi connectivity index (χ0v) is 8.87. The maximum atomic E-state index is 11.3. The Balaban J connectivity index is 2.41. The molecule has 1 aromatic carbocycles. The second kappa shape index (κ2) is 3.42. The van der Waals surface area contributed by atoms with Crippen LogP contribution < -0.4 is 0 Å². The van der Waals surface area contributed by atoms with Crippen molar-refractivity contribution in [2.75, 3.05) is 0 Å². The zero-order valence-electron chi connectivity index (χ0n) is 7.29. The summed E-state index contributed by atoms with van der Waals surface area (Å²) in [5.74, 6) is 0.0604. The highest BCUT2D eigenvalue weighted by Gasteiger charge is 2.20. The molecule has 0 radical (unpaired) electrons. The molecule has 0 N–H and O–H groups in total. The lowest BCUT2D eigenvalue weighted by molar-refractivity contribution is -0.131. The highest BCUT2D eigenvalue weighted by Crippen LogP contribution is 2.25. The van der Waals surface area contributed by atoms with E-state index in [1.165, 1.54) is 0 Å². The Kier molecular flexibility index (Phi) is 2.25. The molecule has 2 nitrogen and oxygen atoms in total. The normalized spacial score (nSPS) is 15.4. The Morgan fingerprint density at radius 2 is 1.86 bits per heavy atom. The molecule has 0 amide bonds. The van der Waals surface area contributed by atoms with E-state index in [1.807, 2.05) is 24.3 Å². The number of halogens is 1. The first-order valence-corrected chi connectivity index (χ1v) is 4.85. The van der Waals surface area contributed by atoms with Crippen molar-refractivity contribution in [3.63, 3.8) is 0 Å². The van der Waals surface area contributed by atoms with Crippen LogP contribution in [0.3, 0.4) is 0 Å². The minimum Gasteiger partial charge on any atom is -0.424 e. The fraction of sp³-hybridized carbons (Fsp3) is 0. The molecule has 1 heterocycles. The van der Waals surface area contributed by atoms with Gasteiger partial charge in [-0.05, 0) is 23.8 Å². The van der Waals surface area contributed by atoms with Gasteiger partial charge >= 0.3 is 5.97 Å². The average Bonchev–Trinajstić information content (AvgIpc) is 2.47. The summed E-state index contributed by atoms with van der Waals surface area (Å²) in [5.41, 5.74) is 1.40. The number of hydrogen-bond acceptors (Lipinski definition) is 2. The summed E-state index contributed by atoms with van der Waals surface area (Å²) >= 11 is 3.33. The van der Waals surface area contributed by atoms with Crippen LogP contribution in [0.2, 0.25) is 0 Å². The van der Waals surface area contributed by atoms with Gasteiger partial charge in [0.15, 0.2) is 0 Å². The molecule has 0 bridgehead atoms. The van der Waals surface area contributed by atoms with Crippen molar-refractivity contribution in [2.45, 2.75) is 0 Å². The zero-order chi connectivity index (χ0) is 10.1. The van der Waals surface area contributed by atoms with Crippen LogP contribution in [0.15, 0.2) is 47.2 Å². The molecule has 70 valence electrons. The van der Waals surface area contributed by atoms with Gasteiger partial charge in [-0.1, -0.05) is 34.6 Å². The van der Waals surface area contributed by atoms with E-state index in [4.69, 9.17) is 4.74 Å². The van der Waals surface area contributed by atoms with Gasteiger partial charge < -0.3 is 4.74 Å². The molecule has 0 saturated heterocycles. The Labute approximate surface area is 90.0 Å². The molecular weight excluding hydrogens is 244 g/mol. The van der Waals surface area contributed by atoms with E-state index >= 15 is 0 Å². The smallest absolute Gasteiger partial charge is 0.344 e. The molecule has 0 unspecified atom stereocenters. The van der Waals surface area contributed by atoms with Gasteiger partial charge in [-0.15, -0.1) is 0 Å². The number of allylic oxidation sites excluding steroid dienone is 1. The maximum absolute atomic E-state index is 11.3. The molecule has 0 aliphatic carbocycles. The summed E-state index contributed by atoms with van der Waals surface area (Å²) in [5, 5.41) is 0. The Hall–Kier alpha value is -1.35. The molecule has 0 saturated carbocycles. The van der Waals surface area contributed by atoms with E-state index in [-0.39, 0.29) is 5.97 Å². The van der Waals surface area contributed by atoms with Crippen LogP contribution in [-0.2, 0) is 9.53 Å². The van der Waals surface area contributed by atoms with Crippen molar-refractivity contribution < 1.29 is 9.53 Å². The highest BCUT2D eigenvalue weighted by molar-refractivity contribution is 9.10. The SMILES string of the molecule is C=C1C=C(c2ccc(Br)cc2)C(=O)O1. The summed E-state index contributed by atoms with van der Waals surface area (Å²) in [6.07, 6.45) is 1.64. The number of carbonyl (C=O) groups is 1. The third-order valence-electron chi connectivity index (χ3n) is 1.90. The largest absolute Gasteiger partial charge is 0.424 e. The predicted molar refractivity (Wildman–Crippen MR) is 57.4 cm³/mol. The molecule has 0 spiro atoms. The Bertz CT molecular complexity index is 429. The van der Waals surface area contributed by atoms with E-state index in [2.05, 4.69) is 22.5 Å². The fourth-order valence-electron chi connectivity index (χ4n) is 1.25. The highest BCUT2D eigenvalue weighted by atomic mass is 79.9. The van der Waals surface area contributed by atoms with Gasteiger partial charge in [0, 0.05) is 4.47 Å². The first-order valence-electron chi connectivity index (χ1n) is 4.05. The summed E-state index contributed by atoms with van der Waals surface area (Å²) < 4.78 is 5.80. The van der Waals surface area contributed by atoms with Gasteiger partial charge in [0.25, 0.3) is 0 Å². The van der Waals surface area contributed by atoms with E-state index < -0.39 is 0 Å². The summed E-state index contributed by atoms with van der Waals surface area (Å²) in [6.45, 7) is 3.57. The number of ether oxygens (including phenoxy) is 1. The third kappa shape index (κ3) is 1.63. The number of hydrogen-bond donors (Lipinski definition) is 0. The van der Waals surface area contributed by atoms with Crippen LogP contribution in [-0.4, -0.2) is 5.97 Å². The lowest BCUT2D eigenvalue weighted by Gasteiger charge is -1.98. The molecule has 1 aliphatic rings. The Morgan fingerprint density at radius 1 is 1.21 bits per heavy atom. The first kappa shape index (κ1) is 9.21. The van der Waals surface area contributed by atoms with Crippen LogP contribution in [0.5, 0.6) is 0 Å². The second-order valence-corrected chi connectivity index (χ2v) is 3.84. The quantitative estimate of drug-likeness (QED) is 0.717. The minimum absolute atomic E-state index is 0.336. The summed E-state index contributed by atoms with van der Waals surface area (Å²) in [7, 11) is 0. The number of benzene rings is 1. The predicted octanol–water partition coefficient (Wildman–Crippen LogP) is 2.90. The van der Waals surface area contributed by atoms with E-state index in [9.17, 15) is 4.79 Å². The minimum atomic E-state index is -0.336. The number of rotatable bonds is 1. The average molecular weight is 251 g/mol. The second-order valence-electron chi connectivity index (χ2n) is 2.92. The molecule has 0 aromatic heterocycles. The van der Waals surface area contributed by atoms with Crippen LogP contribution >= 0.6 is 15.9 Å². The molecule has 3 heteroatoms. The van der Waals surface area contributed by atoms with Crippen molar-refractivity contribution in [3.05, 3.63) is 52.7 Å². The van der Waals surface area contributed by atoms with Gasteiger partial charge in [-0.2, -0.15) is 0 Å².